The largest absolute Gasteiger partial charge is 0.384 e. The third-order valence-electron chi connectivity index (χ3n) is 2.71. The zero-order valence-corrected chi connectivity index (χ0v) is 11.1. The predicted octanol–water partition coefficient (Wildman–Crippen LogP) is 4.40. The summed E-state index contributed by atoms with van der Waals surface area (Å²) in [7, 11) is 0. The van der Waals surface area contributed by atoms with Gasteiger partial charge in [-0.05, 0) is 37.3 Å². The van der Waals surface area contributed by atoms with Crippen molar-refractivity contribution in [1.29, 1.82) is 0 Å². The highest BCUT2D eigenvalue weighted by Crippen LogP contribution is 2.25. The molecular formula is C15H26O. The van der Waals surface area contributed by atoms with Crippen LogP contribution in [0.3, 0.4) is 0 Å². The first-order chi connectivity index (χ1) is 7.58. The van der Waals surface area contributed by atoms with Gasteiger partial charge in [0.1, 0.15) is 0 Å². The van der Waals surface area contributed by atoms with Crippen molar-refractivity contribution in [2.45, 2.75) is 59.0 Å². The van der Waals surface area contributed by atoms with Crippen LogP contribution in [0.2, 0.25) is 0 Å². The van der Waals surface area contributed by atoms with Crippen LogP contribution in [0.25, 0.3) is 0 Å². The van der Waals surface area contributed by atoms with Crippen LogP contribution in [0.15, 0.2) is 36.0 Å². The Balaban J connectivity index is 5.09. The van der Waals surface area contributed by atoms with E-state index in [-0.39, 0.29) is 0 Å². The number of rotatable bonds is 8. The van der Waals surface area contributed by atoms with E-state index in [0.717, 1.165) is 43.3 Å². The number of hydrogen-bond acceptors (Lipinski definition) is 1. The lowest BCUT2D eigenvalue weighted by atomic mass is 9.90. The molecule has 1 N–H and O–H groups in total. The van der Waals surface area contributed by atoms with Crippen LogP contribution in [-0.4, -0.2) is 11.2 Å². The monoisotopic (exact) mass is 222 g/mol. The third kappa shape index (κ3) is 4.80. The van der Waals surface area contributed by atoms with E-state index in [1.165, 1.54) is 5.57 Å². The van der Waals surface area contributed by atoms with E-state index in [1.54, 1.807) is 0 Å². The molecule has 92 valence electrons. The molecule has 0 aromatic rings. The summed E-state index contributed by atoms with van der Waals surface area (Å²) in [6.45, 7) is 13.8. The van der Waals surface area contributed by atoms with Crippen LogP contribution in [0.5, 0.6) is 0 Å². The second-order valence-corrected chi connectivity index (χ2v) is 4.37. The fourth-order valence-corrected chi connectivity index (χ4v) is 1.94. The van der Waals surface area contributed by atoms with Crippen molar-refractivity contribution in [3.8, 4) is 0 Å². The molecule has 1 heteroatoms. The summed E-state index contributed by atoms with van der Waals surface area (Å²) in [5, 5.41) is 10.1. The van der Waals surface area contributed by atoms with E-state index in [0.29, 0.717) is 0 Å². The zero-order chi connectivity index (χ0) is 12.6. The van der Waals surface area contributed by atoms with Crippen molar-refractivity contribution in [2.75, 3.05) is 0 Å². The van der Waals surface area contributed by atoms with Crippen molar-refractivity contribution in [3.05, 3.63) is 36.0 Å². The Bertz CT molecular complexity index is 261. The number of aliphatic hydroxyl groups excluding tert-OH is 1. The minimum atomic E-state index is -0.471. The summed E-state index contributed by atoms with van der Waals surface area (Å²) in [4.78, 5) is 0. The van der Waals surface area contributed by atoms with Gasteiger partial charge >= 0.3 is 0 Å². The van der Waals surface area contributed by atoms with Crippen LogP contribution in [-0.2, 0) is 0 Å². The Kier molecular flexibility index (Phi) is 7.92. The smallest absolute Gasteiger partial charge is 0.0958 e. The second-order valence-electron chi connectivity index (χ2n) is 4.37. The molecule has 0 aromatic heterocycles. The van der Waals surface area contributed by atoms with E-state index < -0.39 is 6.10 Å². The van der Waals surface area contributed by atoms with Crippen molar-refractivity contribution in [1.82, 2.24) is 0 Å². The average Bonchev–Trinajstić information content (AvgIpc) is 2.24. The van der Waals surface area contributed by atoms with Gasteiger partial charge in [-0.3, -0.25) is 0 Å². The summed E-state index contributed by atoms with van der Waals surface area (Å²) >= 11 is 0. The van der Waals surface area contributed by atoms with E-state index in [2.05, 4.69) is 27.0 Å². The van der Waals surface area contributed by atoms with Crippen LogP contribution in [0.4, 0.5) is 0 Å². The Morgan fingerprint density at radius 2 is 1.81 bits per heavy atom. The molecule has 0 fully saturated rings. The Labute approximate surface area is 101 Å². The van der Waals surface area contributed by atoms with Crippen LogP contribution in [0.1, 0.15) is 52.9 Å². The number of hydrogen-bond donors (Lipinski definition) is 1. The molecule has 16 heavy (non-hydrogen) atoms. The maximum Gasteiger partial charge on any atom is 0.0958 e. The summed E-state index contributed by atoms with van der Waals surface area (Å²) in [6, 6.07) is 0. The van der Waals surface area contributed by atoms with Gasteiger partial charge < -0.3 is 5.11 Å². The molecule has 0 rings (SSSR count). The molecule has 0 aromatic carbocycles. The Morgan fingerprint density at radius 3 is 2.19 bits per heavy atom. The molecule has 0 saturated carbocycles. The molecule has 0 heterocycles. The van der Waals surface area contributed by atoms with E-state index >= 15 is 0 Å². The van der Waals surface area contributed by atoms with Gasteiger partial charge in [-0.2, -0.15) is 0 Å². The first kappa shape index (κ1) is 15.2. The molecule has 0 aliphatic heterocycles. The van der Waals surface area contributed by atoms with Crippen LogP contribution >= 0.6 is 0 Å². The van der Waals surface area contributed by atoms with Gasteiger partial charge in [-0.15, -0.1) is 6.58 Å². The standard InChI is InChI=1S/C15H26O/c1-6-9-13(10-7-2)14(11-8-3)15(16)12(4)5/h6,15-16H,1,4,7-11H2,2-3,5H3/b14-13+. The topological polar surface area (TPSA) is 20.2 Å². The van der Waals surface area contributed by atoms with Crippen molar-refractivity contribution >= 4 is 0 Å². The minimum Gasteiger partial charge on any atom is -0.384 e. The van der Waals surface area contributed by atoms with Crippen molar-refractivity contribution in [3.63, 3.8) is 0 Å². The molecule has 0 amide bonds. The minimum absolute atomic E-state index is 0.471. The summed E-state index contributed by atoms with van der Waals surface area (Å²) in [5.41, 5.74) is 3.34. The fraction of sp³-hybridized carbons (Fsp3) is 0.600. The van der Waals surface area contributed by atoms with Crippen molar-refractivity contribution < 1.29 is 5.11 Å². The highest BCUT2D eigenvalue weighted by atomic mass is 16.3. The molecule has 0 aliphatic rings. The summed E-state index contributed by atoms with van der Waals surface area (Å²) in [5.74, 6) is 0. The molecular weight excluding hydrogens is 196 g/mol. The fourth-order valence-electron chi connectivity index (χ4n) is 1.94. The number of aliphatic hydroxyl groups is 1. The SMILES string of the molecule is C=CC/C(CCC)=C(/CCC)C(O)C(=C)C. The maximum atomic E-state index is 10.1. The van der Waals surface area contributed by atoms with Gasteiger partial charge in [-0.25, -0.2) is 0 Å². The van der Waals surface area contributed by atoms with Crippen LogP contribution in [0, 0.1) is 0 Å². The van der Waals surface area contributed by atoms with Gasteiger partial charge in [0.15, 0.2) is 0 Å². The first-order valence-corrected chi connectivity index (χ1v) is 6.23. The lowest BCUT2D eigenvalue weighted by Gasteiger charge is -2.19. The summed E-state index contributed by atoms with van der Waals surface area (Å²) in [6.07, 6.45) is 6.51. The van der Waals surface area contributed by atoms with Gasteiger partial charge in [0.25, 0.3) is 0 Å². The lowest BCUT2D eigenvalue weighted by molar-refractivity contribution is 0.240. The second kappa shape index (κ2) is 8.35. The molecule has 1 nitrogen and oxygen atoms in total. The maximum absolute atomic E-state index is 10.1. The Morgan fingerprint density at radius 1 is 1.25 bits per heavy atom. The van der Waals surface area contributed by atoms with Crippen LogP contribution < -0.4 is 0 Å². The normalized spacial score (nSPS) is 14.2. The molecule has 1 atom stereocenters. The van der Waals surface area contributed by atoms with Gasteiger partial charge in [0.05, 0.1) is 6.10 Å². The summed E-state index contributed by atoms with van der Waals surface area (Å²) < 4.78 is 0. The third-order valence-corrected chi connectivity index (χ3v) is 2.71. The van der Waals surface area contributed by atoms with E-state index in [1.807, 2.05) is 13.0 Å². The van der Waals surface area contributed by atoms with E-state index in [9.17, 15) is 5.11 Å². The highest BCUT2D eigenvalue weighted by molar-refractivity contribution is 5.27. The molecule has 1 unspecified atom stereocenters. The van der Waals surface area contributed by atoms with Crippen molar-refractivity contribution in [2.24, 2.45) is 0 Å². The Hall–Kier alpha value is -0.820. The van der Waals surface area contributed by atoms with Gasteiger partial charge in [-0.1, -0.05) is 44.9 Å². The lowest BCUT2D eigenvalue weighted by Crippen LogP contribution is -2.14. The number of allylic oxidation sites excluding steroid dienone is 2. The van der Waals surface area contributed by atoms with Gasteiger partial charge in [0.2, 0.25) is 0 Å². The van der Waals surface area contributed by atoms with E-state index in [4.69, 9.17) is 0 Å². The zero-order valence-electron chi connectivity index (χ0n) is 11.1. The molecule has 0 aliphatic carbocycles. The molecule has 0 saturated heterocycles. The quantitative estimate of drug-likeness (QED) is 0.604. The van der Waals surface area contributed by atoms with Gasteiger partial charge in [0, 0.05) is 0 Å². The first-order valence-electron chi connectivity index (χ1n) is 6.23. The average molecular weight is 222 g/mol. The highest BCUT2D eigenvalue weighted by Gasteiger charge is 2.14. The molecule has 0 spiro atoms. The molecule has 0 bridgehead atoms. The molecule has 0 radical (unpaired) electrons. The predicted molar refractivity (Wildman–Crippen MR) is 72.5 cm³/mol.